The highest BCUT2D eigenvalue weighted by Crippen LogP contribution is 2.36. The Labute approximate surface area is 180 Å². The van der Waals surface area contributed by atoms with Crippen molar-refractivity contribution in [2.75, 3.05) is 6.61 Å². The fraction of sp³-hybridized carbons (Fsp3) is 0.208. The van der Waals surface area contributed by atoms with E-state index in [1.54, 1.807) is 74.9 Å². The molecule has 7 heteroatoms. The molecule has 0 saturated carbocycles. The maximum atomic E-state index is 12.5. The summed E-state index contributed by atoms with van der Waals surface area (Å²) in [6, 6.07) is 16.1. The number of ether oxygens (including phenoxy) is 1. The van der Waals surface area contributed by atoms with Gasteiger partial charge in [0.15, 0.2) is 0 Å². The second kappa shape index (κ2) is 9.75. The zero-order valence-electron chi connectivity index (χ0n) is 17.6. The molecule has 0 atom stereocenters. The van der Waals surface area contributed by atoms with Gasteiger partial charge < -0.3 is 9.30 Å². The van der Waals surface area contributed by atoms with Gasteiger partial charge in [0.25, 0.3) is 0 Å². The number of allylic oxidation sites excluding steroid dienone is 4. The van der Waals surface area contributed by atoms with Crippen LogP contribution in [0.5, 0.6) is 0 Å². The standard InChI is InChI=1S/C24H19N5O2/c1-5-31-24(30)21-15(2)23(29(4)16(21)3)20(14-28)22(17-9-7-6-8-10-17)19(13-27)18(11-25)12-26/h6-10H,5H2,1-4H3. The summed E-state index contributed by atoms with van der Waals surface area (Å²) in [5.41, 5.74) is 1.96. The average Bonchev–Trinajstić information content (AvgIpc) is 3.00. The third-order valence-corrected chi connectivity index (χ3v) is 4.91. The van der Waals surface area contributed by atoms with E-state index >= 15 is 0 Å². The Morgan fingerprint density at radius 3 is 2.10 bits per heavy atom. The molecule has 0 bridgehead atoms. The zero-order chi connectivity index (χ0) is 23.1. The average molecular weight is 409 g/mol. The Bertz CT molecular complexity index is 1250. The van der Waals surface area contributed by atoms with Gasteiger partial charge >= 0.3 is 5.97 Å². The summed E-state index contributed by atoms with van der Waals surface area (Å²) >= 11 is 0. The molecule has 2 rings (SSSR count). The van der Waals surface area contributed by atoms with Crippen LogP contribution in [-0.4, -0.2) is 17.1 Å². The van der Waals surface area contributed by atoms with Crippen LogP contribution in [0.3, 0.4) is 0 Å². The summed E-state index contributed by atoms with van der Waals surface area (Å²) in [7, 11) is 1.70. The fourth-order valence-electron chi connectivity index (χ4n) is 3.46. The van der Waals surface area contributed by atoms with Crippen LogP contribution in [0, 0.1) is 59.2 Å². The normalized spacial score (nSPS) is 10.6. The summed E-state index contributed by atoms with van der Waals surface area (Å²) in [5.74, 6) is -0.510. The van der Waals surface area contributed by atoms with Crippen molar-refractivity contribution in [2.45, 2.75) is 20.8 Å². The minimum absolute atomic E-state index is 0.0735. The predicted octanol–water partition coefficient (Wildman–Crippen LogP) is 4.12. The molecule has 0 unspecified atom stereocenters. The number of nitrogens with zero attached hydrogens (tertiary/aromatic N) is 5. The molecule has 2 aromatic rings. The van der Waals surface area contributed by atoms with Gasteiger partial charge in [-0.3, -0.25) is 0 Å². The van der Waals surface area contributed by atoms with Crippen LogP contribution < -0.4 is 0 Å². The van der Waals surface area contributed by atoms with Crippen LogP contribution in [0.15, 0.2) is 41.5 Å². The number of carbonyl (C=O) groups excluding carboxylic acids is 1. The van der Waals surface area contributed by atoms with Crippen LogP contribution in [-0.2, 0) is 11.8 Å². The van der Waals surface area contributed by atoms with E-state index in [0.717, 1.165) is 0 Å². The molecule has 0 aliphatic heterocycles. The first-order valence-electron chi connectivity index (χ1n) is 9.35. The van der Waals surface area contributed by atoms with Crippen LogP contribution in [0.4, 0.5) is 0 Å². The van der Waals surface area contributed by atoms with Gasteiger partial charge in [0.2, 0.25) is 0 Å². The molecule has 0 aliphatic carbocycles. The summed E-state index contributed by atoms with van der Waals surface area (Å²) < 4.78 is 6.84. The molecule has 0 spiro atoms. The topological polar surface area (TPSA) is 126 Å². The van der Waals surface area contributed by atoms with E-state index in [4.69, 9.17) is 4.74 Å². The molecule has 0 aliphatic rings. The molecule has 1 aromatic heterocycles. The van der Waals surface area contributed by atoms with Gasteiger partial charge in [0.1, 0.15) is 29.8 Å². The van der Waals surface area contributed by atoms with E-state index < -0.39 is 11.5 Å². The van der Waals surface area contributed by atoms with Gasteiger partial charge in [0, 0.05) is 18.3 Å². The molecule has 0 amide bonds. The minimum Gasteiger partial charge on any atom is -0.462 e. The summed E-state index contributed by atoms with van der Waals surface area (Å²) in [6.45, 7) is 5.33. The lowest BCUT2D eigenvalue weighted by molar-refractivity contribution is 0.0524. The Morgan fingerprint density at radius 2 is 1.61 bits per heavy atom. The number of nitriles is 4. The lowest BCUT2D eigenvalue weighted by Crippen LogP contribution is -2.07. The molecule has 7 nitrogen and oxygen atoms in total. The number of hydrogen-bond donors (Lipinski definition) is 0. The second-order valence-corrected chi connectivity index (χ2v) is 6.53. The summed E-state index contributed by atoms with van der Waals surface area (Å²) in [5, 5.41) is 38.7. The predicted molar refractivity (Wildman–Crippen MR) is 114 cm³/mol. The van der Waals surface area contributed by atoms with E-state index in [1.165, 1.54) is 0 Å². The lowest BCUT2D eigenvalue weighted by atomic mass is 9.89. The molecule has 0 N–H and O–H groups in total. The zero-order valence-corrected chi connectivity index (χ0v) is 17.6. The highest BCUT2D eigenvalue weighted by Gasteiger charge is 2.28. The Kier molecular flexibility index (Phi) is 7.14. The van der Waals surface area contributed by atoms with Crippen molar-refractivity contribution in [3.63, 3.8) is 0 Å². The quantitative estimate of drug-likeness (QED) is 0.415. The molecular weight excluding hydrogens is 390 g/mol. The van der Waals surface area contributed by atoms with Gasteiger partial charge in [-0.1, -0.05) is 30.3 Å². The number of rotatable bonds is 5. The monoisotopic (exact) mass is 409 g/mol. The molecular formula is C24H19N5O2. The first-order valence-corrected chi connectivity index (χ1v) is 9.35. The SMILES string of the molecule is CCOC(=O)c1c(C)c(C(C#N)=C(C(C#N)=C(C#N)C#N)c2ccccc2)n(C)c1C. The van der Waals surface area contributed by atoms with Crippen LogP contribution >= 0.6 is 0 Å². The maximum Gasteiger partial charge on any atom is 0.340 e. The minimum atomic E-state index is -0.510. The smallest absolute Gasteiger partial charge is 0.340 e. The van der Waals surface area contributed by atoms with Gasteiger partial charge in [-0.25, -0.2) is 4.79 Å². The third-order valence-electron chi connectivity index (χ3n) is 4.91. The molecule has 0 fully saturated rings. The highest BCUT2D eigenvalue weighted by molar-refractivity contribution is 6.07. The molecule has 0 saturated heterocycles. The first-order chi connectivity index (χ1) is 14.9. The molecule has 1 aromatic carbocycles. The van der Waals surface area contributed by atoms with E-state index in [0.29, 0.717) is 28.1 Å². The summed E-state index contributed by atoms with van der Waals surface area (Å²) in [4.78, 5) is 12.5. The Balaban J connectivity index is 3.07. The van der Waals surface area contributed by atoms with Gasteiger partial charge in [-0.05, 0) is 31.9 Å². The third kappa shape index (κ3) is 4.08. The maximum absolute atomic E-state index is 12.5. The van der Waals surface area contributed by atoms with Gasteiger partial charge in [-0.2, -0.15) is 21.0 Å². The highest BCUT2D eigenvalue weighted by atomic mass is 16.5. The van der Waals surface area contributed by atoms with E-state index in [1.807, 2.05) is 6.07 Å². The largest absolute Gasteiger partial charge is 0.462 e. The van der Waals surface area contributed by atoms with Crippen molar-refractivity contribution in [2.24, 2.45) is 7.05 Å². The number of benzene rings is 1. The number of aromatic nitrogens is 1. The van der Waals surface area contributed by atoms with Crippen molar-refractivity contribution in [3.05, 3.63) is 69.6 Å². The number of hydrogen-bond acceptors (Lipinski definition) is 6. The molecule has 0 radical (unpaired) electrons. The van der Waals surface area contributed by atoms with E-state index in [-0.39, 0.29) is 23.3 Å². The lowest BCUT2D eigenvalue weighted by Gasteiger charge is -2.13. The number of esters is 1. The van der Waals surface area contributed by atoms with E-state index in [2.05, 4.69) is 6.07 Å². The van der Waals surface area contributed by atoms with Crippen molar-refractivity contribution in [1.29, 1.82) is 21.0 Å². The van der Waals surface area contributed by atoms with E-state index in [9.17, 15) is 25.8 Å². The second-order valence-electron chi connectivity index (χ2n) is 6.53. The molecule has 31 heavy (non-hydrogen) atoms. The van der Waals surface area contributed by atoms with Crippen LogP contribution in [0.2, 0.25) is 0 Å². The molecule has 152 valence electrons. The summed E-state index contributed by atoms with van der Waals surface area (Å²) in [6.07, 6.45) is 0. The fourth-order valence-corrected chi connectivity index (χ4v) is 3.46. The van der Waals surface area contributed by atoms with Gasteiger partial charge in [0.05, 0.1) is 29.0 Å². The Morgan fingerprint density at radius 1 is 1.00 bits per heavy atom. The van der Waals surface area contributed by atoms with Crippen molar-refractivity contribution in [1.82, 2.24) is 4.57 Å². The van der Waals surface area contributed by atoms with Crippen molar-refractivity contribution < 1.29 is 9.53 Å². The molecule has 1 heterocycles. The van der Waals surface area contributed by atoms with Crippen molar-refractivity contribution >= 4 is 17.1 Å². The van der Waals surface area contributed by atoms with Crippen LogP contribution in [0.25, 0.3) is 11.1 Å². The van der Waals surface area contributed by atoms with Crippen molar-refractivity contribution in [3.8, 4) is 24.3 Å². The number of carbonyl (C=O) groups is 1. The first kappa shape index (κ1) is 22.7. The van der Waals surface area contributed by atoms with Gasteiger partial charge in [-0.15, -0.1) is 0 Å². The Hall–Kier alpha value is -4.59. The van der Waals surface area contributed by atoms with Crippen LogP contribution in [0.1, 0.15) is 39.8 Å².